The number of benzene rings is 2. The van der Waals surface area contributed by atoms with Crippen LogP contribution in [0.4, 0.5) is 10.1 Å². The van der Waals surface area contributed by atoms with Crippen LogP contribution in [0.3, 0.4) is 0 Å². The Morgan fingerprint density at radius 2 is 1.70 bits per heavy atom. The molecule has 0 heterocycles. The Morgan fingerprint density at radius 3 is 2.37 bits per heavy atom. The third kappa shape index (κ3) is 8.41. The molecule has 0 fully saturated rings. The van der Waals surface area contributed by atoms with E-state index in [1.165, 1.54) is 42.3 Å². The molecule has 3 N–H and O–H groups in total. The van der Waals surface area contributed by atoms with E-state index in [9.17, 15) is 9.18 Å². The van der Waals surface area contributed by atoms with Gasteiger partial charge in [0, 0.05) is 11.4 Å². The number of hydrogen-bond donors (Lipinski definition) is 3. The smallest absolute Gasteiger partial charge is 0.248 e. The van der Waals surface area contributed by atoms with E-state index in [0.717, 1.165) is 17.7 Å². The van der Waals surface area contributed by atoms with Crippen molar-refractivity contribution >= 4 is 40.7 Å². The summed E-state index contributed by atoms with van der Waals surface area (Å²) in [6.45, 7) is 2.18. The van der Waals surface area contributed by atoms with Crippen LogP contribution < -0.4 is 16.2 Å². The van der Waals surface area contributed by atoms with Gasteiger partial charge < -0.3 is 5.32 Å². The largest absolute Gasteiger partial charge is 0.331 e. The fourth-order valence-corrected chi connectivity index (χ4v) is 3.26. The molecule has 0 atom stereocenters. The number of hydrazine groups is 1. The van der Waals surface area contributed by atoms with Crippen molar-refractivity contribution in [3.8, 4) is 0 Å². The van der Waals surface area contributed by atoms with Crippen LogP contribution in [-0.2, 0) is 17.0 Å². The fourth-order valence-electron chi connectivity index (χ4n) is 2.30. The van der Waals surface area contributed by atoms with Gasteiger partial charge in [-0.25, -0.2) is 4.39 Å². The lowest BCUT2D eigenvalue weighted by molar-refractivity contribution is -0.119. The lowest BCUT2D eigenvalue weighted by atomic mass is 10.1. The van der Waals surface area contributed by atoms with Crippen molar-refractivity contribution in [2.45, 2.75) is 31.9 Å². The van der Waals surface area contributed by atoms with Crippen molar-refractivity contribution in [1.82, 2.24) is 10.9 Å². The van der Waals surface area contributed by atoms with Crippen molar-refractivity contribution in [3.63, 3.8) is 0 Å². The van der Waals surface area contributed by atoms with E-state index in [1.807, 2.05) is 12.1 Å². The number of nitrogens with one attached hydrogen (secondary N) is 3. The van der Waals surface area contributed by atoms with E-state index in [0.29, 0.717) is 10.9 Å². The first kappa shape index (κ1) is 21.2. The number of thioether (sulfide) groups is 1. The molecule has 1 amide bonds. The molecule has 4 nitrogen and oxygen atoms in total. The molecular formula is C20H24FN3OS2. The predicted molar refractivity (Wildman–Crippen MR) is 115 cm³/mol. The van der Waals surface area contributed by atoms with Gasteiger partial charge in [-0.1, -0.05) is 37.6 Å². The van der Waals surface area contributed by atoms with Crippen LogP contribution in [0.5, 0.6) is 0 Å². The number of rotatable bonds is 8. The molecule has 2 aromatic rings. The summed E-state index contributed by atoms with van der Waals surface area (Å²) in [7, 11) is 0. The number of carbonyl (C=O) groups is 1. The Bertz CT molecular complexity index is 736. The van der Waals surface area contributed by atoms with Gasteiger partial charge >= 0.3 is 0 Å². The monoisotopic (exact) mass is 405 g/mol. The lowest BCUT2D eigenvalue weighted by Crippen LogP contribution is -2.44. The summed E-state index contributed by atoms with van der Waals surface area (Å²) in [5, 5.41) is 3.36. The number of amides is 1. The maximum atomic E-state index is 12.8. The fraction of sp³-hybridized carbons (Fsp3) is 0.300. The molecule has 0 spiro atoms. The van der Waals surface area contributed by atoms with Crippen LogP contribution in [-0.4, -0.2) is 16.8 Å². The van der Waals surface area contributed by atoms with Crippen LogP contribution in [0.2, 0.25) is 0 Å². The molecule has 0 aliphatic heterocycles. The molecule has 0 bridgehead atoms. The van der Waals surface area contributed by atoms with Gasteiger partial charge in [-0.05, 0) is 60.5 Å². The Balaban J connectivity index is 1.64. The second-order valence-electron chi connectivity index (χ2n) is 6.05. The summed E-state index contributed by atoms with van der Waals surface area (Å²) < 4.78 is 12.8. The highest BCUT2D eigenvalue weighted by Gasteiger charge is 2.04. The summed E-state index contributed by atoms with van der Waals surface area (Å²) in [5.74, 6) is 0.475. The SMILES string of the molecule is CCCCc1ccc(NC(=S)NNC(=O)CSCc2ccc(F)cc2)cc1. The van der Waals surface area contributed by atoms with Crippen molar-refractivity contribution in [1.29, 1.82) is 0 Å². The summed E-state index contributed by atoms with van der Waals surface area (Å²) in [6, 6.07) is 14.3. The van der Waals surface area contributed by atoms with Crippen molar-refractivity contribution in [2.24, 2.45) is 0 Å². The van der Waals surface area contributed by atoms with E-state index < -0.39 is 0 Å². The number of carbonyl (C=O) groups excluding carboxylic acids is 1. The zero-order valence-electron chi connectivity index (χ0n) is 15.3. The minimum atomic E-state index is -0.262. The van der Waals surface area contributed by atoms with Gasteiger partial charge in [0.1, 0.15) is 5.82 Å². The Kier molecular flexibility index (Phi) is 9.07. The minimum absolute atomic E-state index is 0.179. The Labute approximate surface area is 169 Å². The first-order valence-corrected chi connectivity index (χ1v) is 10.4. The summed E-state index contributed by atoms with van der Waals surface area (Å²) in [6.07, 6.45) is 3.43. The molecule has 0 aliphatic carbocycles. The molecule has 0 saturated carbocycles. The number of halogens is 1. The maximum absolute atomic E-state index is 12.8. The van der Waals surface area contributed by atoms with Crippen molar-refractivity contribution in [3.05, 3.63) is 65.5 Å². The number of anilines is 1. The van der Waals surface area contributed by atoms with Crippen molar-refractivity contribution < 1.29 is 9.18 Å². The number of aryl methyl sites for hydroxylation is 1. The van der Waals surface area contributed by atoms with E-state index in [4.69, 9.17) is 12.2 Å². The Hall–Kier alpha value is -2.12. The molecule has 27 heavy (non-hydrogen) atoms. The van der Waals surface area contributed by atoms with E-state index in [2.05, 4.69) is 35.2 Å². The van der Waals surface area contributed by atoms with Crippen LogP contribution in [0.1, 0.15) is 30.9 Å². The minimum Gasteiger partial charge on any atom is -0.331 e. The Morgan fingerprint density at radius 1 is 1.04 bits per heavy atom. The molecule has 0 aliphatic rings. The third-order valence-electron chi connectivity index (χ3n) is 3.76. The average molecular weight is 406 g/mol. The zero-order chi connectivity index (χ0) is 19.5. The van der Waals surface area contributed by atoms with Crippen molar-refractivity contribution in [2.75, 3.05) is 11.1 Å². The van der Waals surface area contributed by atoms with E-state index >= 15 is 0 Å². The van der Waals surface area contributed by atoms with Gasteiger partial charge in [0.25, 0.3) is 0 Å². The summed E-state index contributed by atoms with van der Waals surface area (Å²) in [5.41, 5.74) is 8.40. The zero-order valence-corrected chi connectivity index (χ0v) is 16.9. The van der Waals surface area contributed by atoms with Gasteiger partial charge in [-0.3, -0.25) is 15.6 Å². The quantitative estimate of drug-likeness (QED) is 0.448. The highest BCUT2D eigenvalue weighted by Crippen LogP contribution is 2.13. The molecular weight excluding hydrogens is 381 g/mol. The predicted octanol–water partition coefficient (Wildman–Crippen LogP) is 4.42. The standard InChI is InChI=1S/C20H24FN3OS2/c1-2-3-4-15-7-11-18(12-8-15)22-20(26)24-23-19(25)14-27-13-16-5-9-17(21)10-6-16/h5-12H,2-4,13-14H2,1H3,(H,23,25)(H2,22,24,26). The number of thiocarbonyl (C=S) groups is 1. The molecule has 0 radical (unpaired) electrons. The number of unbranched alkanes of at least 4 members (excludes halogenated alkanes) is 1. The normalized spacial score (nSPS) is 10.3. The molecule has 0 unspecified atom stereocenters. The summed E-state index contributed by atoms with van der Waals surface area (Å²) in [4.78, 5) is 11.8. The highest BCUT2D eigenvalue weighted by atomic mass is 32.2. The van der Waals surface area contributed by atoms with Gasteiger partial charge in [0.2, 0.25) is 5.91 Å². The summed E-state index contributed by atoms with van der Waals surface area (Å²) >= 11 is 6.63. The second-order valence-corrected chi connectivity index (χ2v) is 7.44. The average Bonchev–Trinajstić information content (AvgIpc) is 2.67. The van der Waals surface area contributed by atoms with Gasteiger partial charge in [-0.2, -0.15) is 0 Å². The highest BCUT2D eigenvalue weighted by molar-refractivity contribution is 7.99. The van der Waals surface area contributed by atoms with Gasteiger partial charge in [0.05, 0.1) is 5.75 Å². The maximum Gasteiger partial charge on any atom is 0.248 e. The second kappa shape index (κ2) is 11.6. The topological polar surface area (TPSA) is 53.2 Å². The first-order valence-electron chi connectivity index (χ1n) is 8.84. The molecule has 0 saturated heterocycles. The van der Waals surface area contributed by atoms with Crippen LogP contribution in [0, 0.1) is 5.82 Å². The van der Waals surface area contributed by atoms with Gasteiger partial charge in [-0.15, -0.1) is 11.8 Å². The number of hydrogen-bond acceptors (Lipinski definition) is 3. The lowest BCUT2D eigenvalue weighted by Gasteiger charge is -2.12. The molecule has 2 aromatic carbocycles. The van der Waals surface area contributed by atoms with E-state index in [1.54, 1.807) is 12.1 Å². The van der Waals surface area contributed by atoms with Crippen LogP contribution in [0.25, 0.3) is 0 Å². The van der Waals surface area contributed by atoms with Crippen LogP contribution >= 0.6 is 24.0 Å². The molecule has 2 rings (SSSR count). The molecule has 7 heteroatoms. The third-order valence-corrected chi connectivity index (χ3v) is 4.97. The first-order chi connectivity index (χ1) is 13.1. The van der Waals surface area contributed by atoms with Crippen LogP contribution in [0.15, 0.2) is 48.5 Å². The van der Waals surface area contributed by atoms with Gasteiger partial charge in [0.15, 0.2) is 5.11 Å². The van der Waals surface area contributed by atoms with E-state index in [-0.39, 0.29) is 17.5 Å². The molecule has 144 valence electrons. The molecule has 0 aromatic heterocycles.